The summed E-state index contributed by atoms with van der Waals surface area (Å²) in [6.07, 6.45) is 20.1. The van der Waals surface area contributed by atoms with Gasteiger partial charge in [0.15, 0.2) is 5.76 Å². The van der Waals surface area contributed by atoms with Crippen molar-refractivity contribution >= 4 is 5.97 Å². The van der Waals surface area contributed by atoms with Crippen LogP contribution in [0.1, 0.15) is 188 Å². The van der Waals surface area contributed by atoms with E-state index in [9.17, 15) is 25.2 Å². The van der Waals surface area contributed by atoms with Crippen LogP contribution in [0, 0.1) is 74.9 Å². The number of aliphatic carboxylic acids is 1. The molecular formula is C46H73NO6. The smallest absolute Gasteiger partial charge is 0.307 e. The first kappa shape index (κ1) is 38.4. The average Bonchev–Trinajstić information content (AvgIpc) is 3.80. The van der Waals surface area contributed by atoms with Crippen molar-refractivity contribution in [1.29, 1.82) is 0 Å². The molecule has 0 saturated heterocycles. The van der Waals surface area contributed by atoms with Crippen LogP contribution in [0.15, 0.2) is 10.6 Å². The van der Waals surface area contributed by atoms with E-state index in [2.05, 4.69) is 39.8 Å². The molecule has 0 radical (unpaired) electrons. The van der Waals surface area contributed by atoms with E-state index in [1.807, 2.05) is 13.0 Å². The fraction of sp³-hybridized carbons (Fsp3) is 0.913. The highest BCUT2D eigenvalue weighted by Crippen LogP contribution is 2.70. The molecule has 7 heteroatoms. The Morgan fingerprint density at radius 1 is 0.660 bits per heavy atom. The molecule has 8 aliphatic carbocycles. The number of hydrogen-bond acceptors (Lipinski definition) is 6. The Balaban J connectivity index is 0.000000154. The molecule has 0 aliphatic heterocycles. The molecule has 0 unspecified atom stereocenters. The van der Waals surface area contributed by atoms with Crippen LogP contribution >= 0.6 is 0 Å². The summed E-state index contributed by atoms with van der Waals surface area (Å²) >= 11 is 0. The predicted octanol–water partition coefficient (Wildman–Crippen LogP) is 10.1. The second kappa shape index (κ2) is 13.0. The first-order valence-corrected chi connectivity index (χ1v) is 22.1. The zero-order chi connectivity index (χ0) is 37.9. The molecule has 0 amide bonds. The molecule has 0 spiro atoms. The van der Waals surface area contributed by atoms with Crippen LogP contribution in [0.25, 0.3) is 0 Å². The number of carboxylic acid groups (broad SMARTS) is 1. The monoisotopic (exact) mass is 736 g/mol. The summed E-state index contributed by atoms with van der Waals surface area (Å²) in [7, 11) is 0. The van der Waals surface area contributed by atoms with Crippen LogP contribution in [-0.4, -0.2) is 42.8 Å². The van der Waals surface area contributed by atoms with Gasteiger partial charge in [0, 0.05) is 12.0 Å². The van der Waals surface area contributed by atoms with Gasteiger partial charge in [-0.2, -0.15) is 0 Å². The maximum absolute atomic E-state index is 11.8. The number of aliphatic hydroxyl groups excluding tert-OH is 1. The molecule has 1 heterocycles. The Bertz CT molecular complexity index is 1530. The van der Waals surface area contributed by atoms with Gasteiger partial charge in [-0.3, -0.25) is 4.79 Å². The van der Waals surface area contributed by atoms with Gasteiger partial charge in [0.2, 0.25) is 0 Å². The number of carbonyl (C=O) groups is 1. The minimum Gasteiger partial charge on any atom is -0.481 e. The molecule has 1 aromatic rings. The highest BCUT2D eigenvalue weighted by atomic mass is 16.5. The molecule has 298 valence electrons. The molecule has 0 aromatic carbocycles. The van der Waals surface area contributed by atoms with Crippen molar-refractivity contribution in [1.82, 2.24) is 5.16 Å². The standard InChI is InChI=1S/C25H39NO3.C21H34O3/c1-15(27)22-13-21(26-29-22)20-8-7-18-17-6-5-16-14-23(2,28)11-12-24(16,3)19(17)9-10-25(18,20)4;1-19(24)10-11-20(2)13(12-19)4-5-14-15-6-7-17(18(22)23)21(15,3)9-8-16(14)20/h13,15-20,27-28H,5-12,14H2,1-4H3;13-17,24H,4-12H2,1-3H3,(H,22,23)/t15-,16-,17-,18-,19-,20+,23+,24-,25-;13-,14-,15-,16-,17+,19+,20-,21-/m00/s1. The average molecular weight is 736 g/mol. The number of carboxylic acids is 1. The largest absolute Gasteiger partial charge is 0.481 e. The van der Waals surface area contributed by atoms with Gasteiger partial charge in [0.05, 0.1) is 22.8 Å². The second-order valence-electron chi connectivity index (χ2n) is 22.2. The molecule has 1 aromatic heterocycles. The molecule has 53 heavy (non-hydrogen) atoms. The molecule has 8 aliphatic rings. The molecule has 8 fully saturated rings. The Morgan fingerprint density at radius 3 is 1.66 bits per heavy atom. The number of rotatable bonds is 3. The SMILES string of the molecule is C[C@@]1(O)CC[C@@]2(C)[C@@H](CC[C@@H]3[C@@H]2CC[C@]2(C)[C@@H](C(=O)O)CC[C@@H]32)C1.C[C@H](O)c1cc([C@H]2CC[C@H]3[C@@H]4CC[C@H]5C[C@](C)(O)CC[C@]5(C)[C@H]4CC[C@]23C)no1. The molecular weight excluding hydrogens is 663 g/mol. The maximum Gasteiger partial charge on any atom is 0.307 e. The van der Waals surface area contributed by atoms with Crippen molar-refractivity contribution in [2.75, 3.05) is 0 Å². The van der Waals surface area contributed by atoms with Crippen molar-refractivity contribution in [2.45, 2.75) is 187 Å². The van der Waals surface area contributed by atoms with Gasteiger partial charge in [0.1, 0.15) is 6.10 Å². The van der Waals surface area contributed by atoms with E-state index >= 15 is 0 Å². The van der Waals surface area contributed by atoms with Crippen molar-refractivity contribution in [2.24, 2.45) is 74.9 Å². The van der Waals surface area contributed by atoms with E-state index in [0.29, 0.717) is 45.7 Å². The van der Waals surface area contributed by atoms with Gasteiger partial charge in [-0.25, -0.2) is 0 Å². The number of fused-ring (bicyclic) bond motifs is 10. The Labute approximate surface area is 319 Å². The van der Waals surface area contributed by atoms with Crippen molar-refractivity contribution in [3.8, 4) is 0 Å². The summed E-state index contributed by atoms with van der Waals surface area (Å²) in [5.41, 5.74) is 1.26. The van der Waals surface area contributed by atoms with Gasteiger partial charge in [0.25, 0.3) is 0 Å². The van der Waals surface area contributed by atoms with E-state index in [4.69, 9.17) is 4.52 Å². The summed E-state index contributed by atoms with van der Waals surface area (Å²) in [5.74, 6) is 6.22. The third-order valence-electron chi connectivity index (χ3n) is 19.5. The number of aromatic nitrogens is 1. The van der Waals surface area contributed by atoms with E-state index in [0.717, 1.165) is 86.7 Å². The topological polar surface area (TPSA) is 124 Å². The fourth-order valence-corrected chi connectivity index (χ4v) is 16.4. The minimum atomic E-state index is -0.587. The Morgan fingerprint density at radius 2 is 1.15 bits per heavy atom. The van der Waals surface area contributed by atoms with E-state index in [-0.39, 0.29) is 11.3 Å². The van der Waals surface area contributed by atoms with Crippen LogP contribution in [0.2, 0.25) is 0 Å². The molecule has 4 N–H and O–H groups in total. The lowest BCUT2D eigenvalue weighted by Gasteiger charge is -2.61. The quantitative estimate of drug-likeness (QED) is 0.244. The highest BCUT2D eigenvalue weighted by Gasteiger charge is 2.63. The Hall–Kier alpha value is -1.44. The van der Waals surface area contributed by atoms with Gasteiger partial charge in [-0.1, -0.05) is 32.9 Å². The van der Waals surface area contributed by atoms with Crippen LogP contribution in [0.3, 0.4) is 0 Å². The third-order valence-corrected chi connectivity index (χ3v) is 19.5. The van der Waals surface area contributed by atoms with E-state index in [1.165, 1.54) is 64.2 Å². The fourth-order valence-electron chi connectivity index (χ4n) is 16.4. The zero-order valence-electron chi connectivity index (χ0n) is 34.2. The lowest BCUT2D eigenvalue weighted by molar-refractivity contribution is -0.159. The summed E-state index contributed by atoms with van der Waals surface area (Å²) in [5, 5.41) is 45.2. The van der Waals surface area contributed by atoms with Crippen LogP contribution in [0.4, 0.5) is 0 Å². The van der Waals surface area contributed by atoms with Crippen molar-refractivity contribution in [3.05, 3.63) is 17.5 Å². The van der Waals surface area contributed by atoms with Gasteiger partial charge < -0.3 is 24.9 Å². The minimum absolute atomic E-state index is 0.0242. The van der Waals surface area contributed by atoms with E-state index in [1.54, 1.807) is 6.92 Å². The first-order chi connectivity index (χ1) is 24.8. The highest BCUT2D eigenvalue weighted by molar-refractivity contribution is 5.71. The summed E-state index contributed by atoms with van der Waals surface area (Å²) in [4.78, 5) is 11.8. The number of aliphatic hydroxyl groups is 3. The lowest BCUT2D eigenvalue weighted by atomic mass is 9.44. The zero-order valence-corrected chi connectivity index (χ0v) is 34.2. The Kier molecular flexibility index (Phi) is 9.46. The van der Waals surface area contributed by atoms with Crippen LogP contribution < -0.4 is 0 Å². The molecule has 17 atom stereocenters. The van der Waals surface area contributed by atoms with Gasteiger partial charge in [-0.05, 0) is 205 Å². The van der Waals surface area contributed by atoms with E-state index < -0.39 is 23.3 Å². The van der Waals surface area contributed by atoms with Crippen molar-refractivity contribution < 1.29 is 29.7 Å². The second-order valence-corrected chi connectivity index (χ2v) is 22.2. The van der Waals surface area contributed by atoms with Crippen LogP contribution in [-0.2, 0) is 4.79 Å². The van der Waals surface area contributed by atoms with Gasteiger partial charge >= 0.3 is 5.97 Å². The summed E-state index contributed by atoms with van der Waals surface area (Å²) in [6.45, 7) is 15.7. The van der Waals surface area contributed by atoms with Crippen molar-refractivity contribution in [3.63, 3.8) is 0 Å². The maximum atomic E-state index is 11.8. The number of hydrogen-bond donors (Lipinski definition) is 4. The third kappa shape index (κ3) is 6.12. The normalized spacial score (nSPS) is 53.4. The molecule has 9 rings (SSSR count). The predicted molar refractivity (Wildman–Crippen MR) is 206 cm³/mol. The van der Waals surface area contributed by atoms with Gasteiger partial charge in [-0.15, -0.1) is 0 Å². The summed E-state index contributed by atoms with van der Waals surface area (Å²) in [6, 6.07) is 2.01. The lowest BCUT2D eigenvalue weighted by Crippen LogP contribution is -2.55. The molecule has 7 nitrogen and oxygen atoms in total. The number of nitrogens with zero attached hydrogens (tertiary/aromatic N) is 1. The first-order valence-electron chi connectivity index (χ1n) is 22.1. The molecule has 8 saturated carbocycles. The van der Waals surface area contributed by atoms with Crippen LogP contribution in [0.5, 0.6) is 0 Å². The summed E-state index contributed by atoms with van der Waals surface area (Å²) < 4.78 is 5.45. The molecule has 0 bridgehead atoms.